The second-order valence-corrected chi connectivity index (χ2v) is 10.9. The van der Waals surface area contributed by atoms with Gasteiger partial charge in [0.05, 0.1) is 25.1 Å². The molecule has 4 rings (SSSR count). The van der Waals surface area contributed by atoms with Crippen molar-refractivity contribution in [1.82, 2.24) is 0 Å². The van der Waals surface area contributed by atoms with E-state index in [0.29, 0.717) is 25.7 Å². The minimum absolute atomic E-state index is 0.137. The minimum atomic E-state index is -2.96. The van der Waals surface area contributed by atoms with Crippen LogP contribution in [0.1, 0.15) is 23.1 Å². The average Bonchev–Trinajstić information content (AvgIpc) is 3.60. The lowest BCUT2D eigenvalue weighted by Crippen LogP contribution is -2.08. The molecular formula is C27H30O5S. The van der Waals surface area contributed by atoms with Crippen LogP contribution in [0.15, 0.2) is 66.7 Å². The van der Waals surface area contributed by atoms with Crippen LogP contribution >= 0.6 is 0 Å². The Balaban J connectivity index is 1.34. The third-order valence-corrected chi connectivity index (χ3v) is 6.59. The van der Waals surface area contributed by atoms with Gasteiger partial charge in [-0.05, 0) is 71.5 Å². The topological polar surface area (TPSA) is 65.1 Å². The first-order valence-electron chi connectivity index (χ1n) is 11.2. The lowest BCUT2D eigenvalue weighted by molar-refractivity contribution is 0.306. The Morgan fingerprint density at radius 1 is 0.939 bits per heavy atom. The van der Waals surface area contributed by atoms with E-state index in [2.05, 4.69) is 37.3 Å². The van der Waals surface area contributed by atoms with Crippen LogP contribution in [0.25, 0.3) is 11.1 Å². The number of hydrogen-bond donors (Lipinski definition) is 0. The SMILES string of the molecule is Cc1cc(OCCCS(C)(=O)=O)ccc1-c1cccc(COc2ccc(CC3CO3)cc2)c1. The minimum Gasteiger partial charge on any atom is -0.494 e. The summed E-state index contributed by atoms with van der Waals surface area (Å²) >= 11 is 0. The van der Waals surface area contributed by atoms with Crippen molar-refractivity contribution in [1.29, 1.82) is 0 Å². The number of aryl methyl sites for hydroxylation is 1. The van der Waals surface area contributed by atoms with E-state index in [1.165, 1.54) is 11.8 Å². The molecule has 1 atom stereocenters. The zero-order chi connectivity index (χ0) is 23.3. The van der Waals surface area contributed by atoms with Crippen LogP contribution in [-0.2, 0) is 27.6 Å². The van der Waals surface area contributed by atoms with E-state index in [4.69, 9.17) is 14.2 Å². The predicted molar refractivity (Wildman–Crippen MR) is 131 cm³/mol. The summed E-state index contributed by atoms with van der Waals surface area (Å²) in [6.45, 7) is 3.80. The summed E-state index contributed by atoms with van der Waals surface area (Å²) < 4.78 is 39.5. The first-order valence-corrected chi connectivity index (χ1v) is 13.3. The largest absolute Gasteiger partial charge is 0.494 e. The maximum Gasteiger partial charge on any atom is 0.147 e. The smallest absolute Gasteiger partial charge is 0.147 e. The van der Waals surface area contributed by atoms with Crippen molar-refractivity contribution < 1.29 is 22.6 Å². The Labute approximate surface area is 196 Å². The summed E-state index contributed by atoms with van der Waals surface area (Å²) in [5, 5.41) is 0. The molecule has 0 saturated carbocycles. The lowest BCUT2D eigenvalue weighted by Gasteiger charge is -2.12. The molecule has 0 aromatic heterocycles. The standard InChI is InChI=1S/C27H30O5S/c1-20-15-25(30-13-4-14-33(2,28)29)11-12-27(20)23-6-3-5-22(16-23)18-31-24-9-7-21(8-10-24)17-26-19-32-26/h3,5-12,15-16,26H,4,13-14,17-19H2,1-2H3. The van der Waals surface area contributed by atoms with E-state index in [1.807, 2.05) is 36.4 Å². The summed E-state index contributed by atoms with van der Waals surface area (Å²) in [5.41, 5.74) is 5.72. The molecule has 3 aromatic rings. The summed E-state index contributed by atoms with van der Waals surface area (Å²) in [7, 11) is -2.96. The second-order valence-electron chi connectivity index (χ2n) is 8.60. The Bertz CT molecular complexity index is 1180. The third-order valence-electron chi connectivity index (χ3n) is 5.56. The van der Waals surface area contributed by atoms with Gasteiger partial charge in [-0.2, -0.15) is 0 Å². The number of benzene rings is 3. The highest BCUT2D eigenvalue weighted by atomic mass is 32.2. The van der Waals surface area contributed by atoms with E-state index in [1.54, 1.807) is 0 Å². The van der Waals surface area contributed by atoms with Crippen LogP contribution < -0.4 is 9.47 Å². The van der Waals surface area contributed by atoms with Crippen molar-refractivity contribution >= 4 is 9.84 Å². The Kier molecular flexibility index (Phi) is 7.36. The quantitative estimate of drug-likeness (QED) is 0.294. The maximum atomic E-state index is 11.2. The average molecular weight is 467 g/mol. The van der Waals surface area contributed by atoms with E-state index < -0.39 is 9.84 Å². The van der Waals surface area contributed by atoms with E-state index >= 15 is 0 Å². The van der Waals surface area contributed by atoms with Gasteiger partial charge in [0.1, 0.15) is 27.9 Å². The van der Waals surface area contributed by atoms with Gasteiger partial charge in [0.25, 0.3) is 0 Å². The first kappa shape index (κ1) is 23.3. The lowest BCUT2D eigenvalue weighted by atomic mass is 9.99. The van der Waals surface area contributed by atoms with Gasteiger partial charge in [0.2, 0.25) is 0 Å². The molecule has 174 valence electrons. The Morgan fingerprint density at radius 3 is 2.39 bits per heavy atom. The molecule has 1 aliphatic rings. The Hall–Kier alpha value is -2.83. The molecule has 1 aliphatic heterocycles. The number of hydrogen-bond acceptors (Lipinski definition) is 5. The van der Waals surface area contributed by atoms with Crippen LogP contribution in [0.3, 0.4) is 0 Å². The third kappa shape index (κ3) is 7.34. The van der Waals surface area contributed by atoms with Crippen LogP contribution in [0.4, 0.5) is 0 Å². The molecule has 1 saturated heterocycles. The number of ether oxygens (including phenoxy) is 3. The van der Waals surface area contributed by atoms with Crippen molar-refractivity contribution in [2.24, 2.45) is 0 Å². The molecule has 0 aliphatic carbocycles. The molecule has 3 aromatic carbocycles. The fourth-order valence-corrected chi connectivity index (χ4v) is 4.37. The van der Waals surface area contributed by atoms with Gasteiger partial charge in [0.15, 0.2) is 0 Å². The van der Waals surface area contributed by atoms with Crippen LogP contribution in [0.2, 0.25) is 0 Å². The summed E-state index contributed by atoms with van der Waals surface area (Å²) in [4.78, 5) is 0. The molecule has 0 bridgehead atoms. The molecular weight excluding hydrogens is 436 g/mol. The van der Waals surface area contributed by atoms with Crippen molar-refractivity contribution in [2.45, 2.75) is 32.5 Å². The van der Waals surface area contributed by atoms with Gasteiger partial charge in [-0.25, -0.2) is 8.42 Å². The molecule has 0 radical (unpaired) electrons. The van der Waals surface area contributed by atoms with E-state index in [-0.39, 0.29) is 5.75 Å². The molecule has 0 spiro atoms. The highest BCUT2D eigenvalue weighted by Gasteiger charge is 2.22. The fourth-order valence-electron chi connectivity index (χ4n) is 3.73. The number of sulfone groups is 1. The number of epoxide rings is 1. The van der Waals surface area contributed by atoms with Gasteiger partial charge in [-0.15, -0.1) is 0 Å². The highest BCUT2D eigenvalue weighted by Crippen LogP contribution is 2.28. The second kappa shape index (κ2) is 10.4. The summed E-state index contributed by atoms with van der Waals surface area (Å²) in [5.74, 6) is 1.74. The predicted octanol–water partition coefficient (Wildman–Crippen LogP) is 5.00. The van der Waals surface area contributed by atoms with E-state index in [0.717, 1.165) is 46.8 Å². The highest BCUT2D eigenvalue weighted by molar-refractivity contribution is 7.90. The van der Waals surface area contributed by atoms with E-state index in [9.17, 15) is 8.42 Å². The molecule has 6 heteroatoms. The number of rotatable bonds is 11. The van der Waals surface area contributed by atoms with Gasteiger partial charge >= 0.3 is 0 Å². The molecule has 33 heavy (non-hydrogen) atoms. The van der Waals surface area contributed by atoms with Crippen LogP contribution in [0, 0.1) is 6.92 Å². The monoisotopic (exact) mass is 466 g/mol. The zero-order valence-electron chi connectivity index (χ0n) is 19.1. The van der Waals surface area contributed by atoms with Crippen molar-refractivity contribution in [3.05, 3.63) is 83.4 Å². The van der Waals surface area contributed by atoms with Crippen molar-refractivity contribution in [3.63, 3.8) is 0 Å². The van der Waals surface area contributed by atoms with Gasteiger partial charge in [-0.3, -0.25) is 0 Å². The molecule has 1 heterocycles. The Morgan fingerprint density at radius 2 is 1.70 bits per heavy atom. The molecule has 1 fully saturated rings. The molecule has 0 amide bonds. The zero-order valence-corrected chi connectivity index (χ0v) is 19.9. The van der Waals surface area contributed by atoms with Crippen molar-refractivity contribution in [3.8, 4) is 22.6 Å². The van der Waals surface area contributed by atoms with Gasteiger partial charge in [-0.1, -0.05) is 36.4 Å². The maximum absolute atomic E-state index is 11.2. The molecule has 5 nitrogen and oxygen atoms in total. The molecule has 1 unspecified atom stereocenters. The first-order chi connectivity index (χ1) is 15.9. The fraction of sp³-hybridized carbons (Fsp3) is 0.333. The van der Waals surface area contributed by atoms with Crippen molar-refractivity contribution in [2.75, 3.05) is 25.2 Å². The van der Waals surface area contributed by atoms with Gasteiger partial charge < -0.3 is 14.2 Å². The van der Waals surface area contributed by atoms with Crippen LogP contribution in [0.5, 0.6) is 11.5 Å². The molecule has 0 N–H and O–H groups in total. The normalized spacial score (nSPS) is 15.3. The van der Waals surface area contributed by atoms with Gasteiger partial charge in [0, 0.05) is 12.7 Å². The summed E-state index contributed by atoms with van der Waals surface area (Å²) in [6, 6.07) is 22.5. The summed E-state index contributed by atoms with van der Waals surface area (Å²) in [6.07, 6.45) is 3.08. The van der Waals surface area contributed by atoms with Crippen LogP contribution in [-0.4, -0.2) is 39.7 Å².